The standard InChI is InChI=1S/C15H23NO3.C2H2O4/c1-17-14-6-4-13(5-7-14)8-10-16-9-2-3-15-18-11-12-19-15;3-1(4)2(5)6/h4-7,15-16H,2-3,8-12H2,1H3;(H,3,4)(H,5,6). The monoisotopic (exact) mass is 355 g/mol. The van der Waals surface area contributed by atoms with Crippen molar-refractivity contribution in [2.45, 2.75) is 25.6 Å². The minimum atomic E-state index is -2.07. The van der Waals surface area contributed by atoms with Gasteiger partial charge in [0.15, 0.2) is 12.3 Å². The molecule has 8 heteroatoms. The Labute approximate surface area is 146 Å². The van der Waals surface area contributed by atoms with Crippen LogP contribution < -0.4 is 15.2 Å². The van der Waals surface area contributed by atoms with E-state index in [1.807, 2.05) is 12.1 Å². The molecule has 1 fully saturated rings. The van der Waals surface area contributed by atoms with E-state index in [1.165, 1.54) is 5.56 Å². The van der Waals surface area contributed by atoms with Crippen LogP contribution in [0.2, 0.25) is 0 Å². The van der Waals surface area contributed by atoms with Crippen LogP contribution in [0.3, 0.4) is 0 Å². The zero-order valence-corrected chi connectivity index (χ0v) is 14.3. The third kappa shape index (κ3) is 9.65. The zero-order valence-electron chi connectivity index (χ0n) is 14.3. The van der Waals surface area contributed by atoms with Crippen LogP contribution in [0.25, 0.3) is 0 Å². The second-order valence-electron chi connectivity index (χ2n) is 5.37. The number of carboxylic acids is 2. The van der Waals surface area contributed by atoms with Crippen LogP contribution in [0.4, 0.5) is 0 Å². The quantitative estimate of drug-likeness (QED) is 0.442. The van der Waals surface area contributed by atoms with E-state index in [0.717, 1.165) is 51.3 Å². The van der Waals surface area contributed by atoms with Gasteiger partial charge in [0.1, 0.15) is 5.75 Å². The lowest BCUT2D eigenvalue weighted by Crippen LogP contribution is -2.84. The number of quaternary nitrogens is 1. The van der Waals surface area contributed by atoms with Gasteiger partial charge in [-0.2, -0.15) is 0 Å². The van der Waals surface area contributed by atoms with Gasteiger partial charge in [-0.05, 0) is 17.7 Å². The lowest BCUT2D eigenvalue weighted by atomic mass is 10.1. The van der Waals surface area contributed by atoms with Crippen molar-refractivity contribution < 1.29 is 39.3 Å². The van der Waals surface area contributed by atoms with E-state index in [2.05, 4.69) is 17.4 Å². The summed E-state index contributed by atoms with van der Waals surface area (Å²) >= 11 is 0. The SMILES string of the molecule is COc1ccc(CC[NH2+]CCCC2OCCO2)cc1.O=C([O-])C(=O)O. The fourth-order valence-corrected chi connectivity index (χ4v) is 2.21. The van der Waals surface area contributed by atoms with E-state index in [1.54, 1.807) is 7.11 Å². The second-order valence-corrected chi connectivity index (χ2v) is 5.37. The van der Waals surface area contributed by atoms with Crippen molar-refractivity contribution in [2.75, 3.05) is 33.4 Å². The van der Waals surface area contributed by atoms with Crippen LogP contribution in [0.1, 0.15) is 18.4 Å². The van der Waals surface area contributed by atoms with Crippen molar-refractivity contribution in [1.82, 2.24) is 0 Å². The summed E-state index contributed by atoms with van der Waals surface area (Å²) in [4.78, 5) is 18.0. The second kappa shape index (κ2) is 12.2. The number of hydrogen-bond acceptors (Lipinski definition) is 6. The summed E-state index contributed by atoms with van der Waals surface area (Å²) in [5.74, 6) is -3.09. The molecule has 0 aromatic heterocycles. The molecule has 1 aromatic rings. The van der Waals surface area contributed by atoms with Gasteiger partial charge in [0.05, 0.1) is 33.4 Å². The summed E-state index contributed by atoms with van der Waals surface area (Å²) in [6.45, 7) is 3.77. The number of benzene rings is 1. The Morgan fingerprint density at radius 1 is 1.24 bits per heavy atom. The van der Waals surface area contributed by atoms with Gasteiger partial charge in [-0.3, -0.25) is 0 Å². The number of carbonyl (C=O) groups is 2. The number of hydrogen-bond donors (Lipinski definition) is 2. The highest BCUT2D eigenvalue weighted by Gasteiger charge is 2.14. The Kier molecular flexibility index (Phi) is 10.2. The number of nitrogens with two attached hydrogens (primary N) is 1. The van der Waals surface area contributed by atoms with Gasteiger partial charge in [-0.25, -0.2) is 4.79 Å². The van der Waals surface area contributed by atoms with Crippen LogP contribution >= 0.6 is 0 Å². The molecule has 1 aliphatic rings. The largest absolute Gasteiger partial charge is 0.539 e. The minimum Gasteiger partial charge on any atom is -0.539 e. The van der Waals surface area contributed by atoms with Crippen LogP contribution in [0.5, 0.6) is 5.75 Å². The summed E-state index contributed by atoms with van der Waals surface area (Å²) in [6, 6.07) is 8.30. The van der Waals surface area contributed by atoms with Gasteiger partial charge in [0, 0.05) is 19.3 Å². The molecule has 1 heterocycles. The summed E-state index contributed by atoms with van der Waals surface area (Å²) in [6.07, 6.45) is 3.31. The molecule has 2 rings (SSSR count). The lowest BCUT2D eigenvalue weighted by Gasteiger charge is -2.08. The summed E-state index contributed by atoms with van der Waals surface area (Å²) in [5.41, 5.74) is 1.36. The van der Waals surface area contributed by atoms with Gasteiger partial charge in [0.25, 0.3) is 0 Å². The Hall–Kier alpha value is -2.16. The summed E-state index contributed by atoms with van der Waals surface area (Å²) < 4.78 is 15.9. The van der Waals surface area contributed by atoms with Crippen LogP contribution in [-0.4, -0.2) is 56.7 Å². The normalized spacial score (nSPS) is 13.8. The van der Waals surface area contributed by atoms with E-state index in [0.29, 0.717) is 0 Å². The van der Waals surface area contributed by atoms with E-state index < -0.39 is 11.9 Å². The molecule has 0 atom stereocenters. The maximum Gasteiger partial charge on any atom is 0.351 e. The van der Waals surface area contributed by atoms with Crippen molar-refractivity contribution in [3.63, 3.8) is 0 Å². The molecule has 0 radical (unpaired) electrons. The Bertz CT molecular complexity index is 500. The molecule has 140 valence electrons. The lowest BCUT2D eigenvalue weighted by molar-refractivity contribution is -0.654. The molecular formula is C17H25NO7. The minimum absolute atomic E-state index is 0.0509. The van der Waals surface area contributed by atoms with Gasteiger partial charge < -0.3 is 34.5 Å². The molecule has 0 saturated carbocycles. The van der Waals surface area contributed by atoms with Crippen LogP contribution in [0.15, 0.2) is 24.3 Å². The number of aliphatic carboxylic acids is 2. The van der Waals surface area contributed by atoms with Gasteiger partial charge in [-0.1, -0.05) is 12.1 Å². The molecule has 0 aliphatic carbocycles. The maximum atomic E-state index is 9.04. The molecule has 0 bridgehead atoms. The predicted octanol–water partition coefficient (Wildman–Crippen LogP) is -1.22. The third-order valence-electron chi connectivity index (χ3n) is 3.51. The number of rotatable bonds is 8. The Morgan fingerprint density at radius 2 is 1.84 bits per heavy atom. The van der Waals surface area contributed by atoms with E-state index in [-0.39, 0.29) is 6.29 Å². The molecule has 0 amide bonds. The average molecular weight is 355 g/mol. The highest BCUT2D eigenvalue weighted by atomic mass is 16.7. The van der Waals surface area contributed by atoms with E-state index >= 15 is 0 Å². The molecule has 3 N–H and O–H groups in total. The van der Waals surface area contributed by atoms with Crippen molar-refractivity contribution in [1.29, 1.82) is 0 Å². The first-order chi connectivity index (χ1) is 12.0. The topological polar surface area (TPSA) is 122 Å². The molecule has 1 saturated heterocycles. The fraction of sp³-hybridized carbons (Fsp3) is 0.529. The molecule has 1 aliphatic heterocycles. The Morgan fingerprint density at radius 3 is 2.36 bits per heavy atom. The average Bonchev–Trinajstić information content (AvgIpc) is 3.12. The smallest absolute Gasteiger partial charge is 0.351 e. The van der Waals surface area contributed by atoms with Crippen molar-refractivity contribution in [2.24, 2.45) is 0 Å². The first-order valence-electron chi connectivity index (χ1n) is 8.15. The molecular weight excluding hydrogens is 330 g/mol. The maximum absolute atomic E-state index is 9.04. The predicted molar refractivity (Wildman–Crippen MR) is 85.9 cm³/mol. The van der Waals surface area contributed by atoms with Gasteiger partial charge >= 0.3 is 5.97 Å². The molecule has 1 aromatic carbocycles. The van der Waals surface area contributed by atoms with Crippen LogP contribution in [0, 0.1) is 0 Å². The van der Waals surface area contributed by atoms with Crippen molar-refractivity contribution in [3.05, 3.63) is 29.8 Å². The molecule has 0 spiro atoms. The first-order valence-corrected chi connectivity index (χ1v) is 8.15. The van der Waals surface area contributed by atoms with Crippen molar-refractivity contribution in [3.8, 4) is 5.75 Å². The highest BCUT2D eigenvalue weighted by molar-refractivity contribution is 6.26. The van der Waals surface area contributed by atoms with Crippen molar-refractivity contribution >= 4 is 11.9 Å². The van der Waals surface area contributed by atoms with Gasteiger partial charge in [0.2, 0.25) is 0 Å². The summed E-state index contributed by atoms with van der Waals surface area (Å²) in [5, 5.41) is 18.7. The summed E-state index contributed by atoms with van der Waals surface area (Å²) in [7, 11) is 1.70. The van der Waals surface area contributed by atoms with Crippen LogP contribution in [-0.2, 0) is 25.5 Å². The number of ether oxygens (including phenoxy) is 3. The van der Waals surface area contributed by atoms with E-state index in [4.69, 9.17) is 34.0 Å². The number of carbonyl (C=O) groups excluding carboxylic acids is 1. The Balaban J connectivity index is 0.000000450. The number of methoxy groups -OCH3 is 1. The fourth-order valence-electron chi connectivity index (χ4n) is 2.21. The van der Waals surface area contributed by atoms with E-state index in [9.17, 15) is 0 Å². The highest BCUT2D eigenvalue weighted by Crippen LogP contribution is 2.11. The zero-order chi connectivity index (χ0) is 18.5. The van der Waals surface area contributed by atoms with Gasteiger partial charge in [-0.15, -0.1) is 0 Å². The first kappa shape index (κ1) is 20.9. The third-order valence-corrected chi connectivity index (χ3v) is 3.51. The molecule has 0 unspecified atom stereocenters. The number of carboxylic acid groups (broad SMARTS) is 2. The molecule has 25 heavy (non-hydrogen) atoms. The molecule has 8 nitrogen and oxygen atoms in total.